The zero-order valence-corrected chi connectivity index (χ0v) is 13.4. The minimum Gasteiger partial charge on any atom is -0.493 e. The molecule has 0 bridgehead atoms. The summed E-state index contributed by atoms with van der Waals surface area (Å²) in [5.74, 6) is 0.0306. The SMILES string of the molecule is COc1ccc(C(C)(C)CNC(=O)CCC(=O)O)cc1OC. The predicted molar refractivity (Wildman–Crippen MR) is 82.5 cm³/mol. The fourth-order valence-electron chi connectivity index (χ4n) is 1.99. The van der Waals surface area contributed by atoms with Crippen LogP contribution in [0.1, 0.15) is 32.3 Å². The molecule has 0 heterocycles. The van der Waals surface area contributed by atoms with Crippen LogP contribution in [0.15, 0.2) is 18.2 Å². The van der Waals surface area contributed by atoms with E-state index in [0.717, 1.165) is 5.56 Å². The standard InChI is InChI=1S/C16H23NO5/c1-16(2,10-17-14(18)7-8-15(19)20)11-5-6-12(21-3)13(9-11)22-4/h5-6,9H,7-8,10H2,1-4H3,(H,17,18)(H,19,20). The van der Waals surface area contributed by atoms with Crippen LogP contribution in [0, 0.1) is 0 Å². The number of nitrogens with one attached hydrogen (secondary N) is 1. The van der Waals surface area contributed by atoms with Crippen molar-refractivity contribution in [3.05, 3.63) is 23.8 Å². The number of carboxylic acid groups (broad SMARTS) is 1. The summed E-state index contributed by atoms with van der Waals surface area (Å²) in [7, 11) is 3.15. The summed E-state index contributed by atoms with van der Waals surface area (Å²) in [6.07, 6.45) is -0.181. The number of ether oxygens (including phenoxy) is 2. The molecule has 0 spiro atoms. The maximum Gasteiger partial charge on any atom is 0.303 e. The molecule has 0 atom stereocenters. The van der Waals surface area contributed by atoms with Crippen LogP contribution in [0.25, 0.3) is 0 Å². The molecule has 0 aliphatic carbocycles. The summed E-state index contributed by atoms with van der Waals surface area (Å²) in [5.41, 5.74) is 0.669. The van der Waals surface area contributed by atoms with Crippen molar-refractivity contribution in [3.8, 4) is 11.5 Å². The van der Waals surface area contributed by atoms with E-state index >= 15 is 0 Å². The number of rotatable bonds is 8. The van der Waals surface area contributed by atoms with Gasteiger partial charge in [0.25, 0.3) is 0 Å². The van der Waals surface area contributed by atoms with Crippen molar-refractivity contribution in [3.63, 3.8) is 0 Å². The van der Waals surface area contributed by atoms with Crippen LogP contribution in [0.4, 0.5) is 0 Å². The number of hydrogen-bond acceptors (Lipinski definition) is 4. The van der Waals surface area contributed by atoms with Gasteiger partial charge in [-0.25, -0.2) is 0 Å². The van der Waals surface area contributed by atoms with E-state index in [9.17, 15) is 9.59 Å². The molecular weight excluding hydrogens is 286 g/mol. The number of carbonyl (C=O) groups excluding carboxylic acids is 1. The van der Waals surface area contributed by atoms with Gasteiger partial charge in [0, 0.05) is 18.4 Å². The normalized spacial score (nSPS) is 10.9. The van der Waals surface area contributed by atoms with Crippen molar-refractivity contribution in [2.24, 2.45) is 0 Å². The molecule has 1 aromatic rings. The molecule has 0 fully saturated rings. The van der Waals surface area contributed by atoms with Gasteiger partial charge >= 0.3 is 5.97 Å². The van der Waals surface area contributed by atoms with Gasteiger partial charge in [-0.3, -0.25) is 9.59 Å². The molecule has 1 rings (SSSR count). The molecule has 22 heavy (non-hydrogen) atoms. The fourth-order valence-corrected chi connectivity index (χ4v) is 1.99. The molecule has 0 saturated heterocycles. The summed E-state index contributed by atoms with van der Waals surface area (Å²) >= 11 is 0. The minimum atomic E-state index is -0.977. The van der Waals surface area contributed by atoms with E-state index in [1.165, 1.54) is 0 Å². The van der Waals surface area contributed by atoms with Gasteiger partial charge in [0.15, 0.2) is 11.5 Å². The molecule has 0 aromatic heterocycles. The minimum absolute atomic E-state index is 0.0165. The van der Waals surface area contributed by atoms with Crippen LogP contribution >= 0.6 is 0 Å². The second kappa shape index (κ2) is 7.68. The maximum atomic E-state index is 11.6. The molecule has 0 radical (unpaired) electrons. The average Bonchev–Trinajstić information content (AvgIpc) is 2.50. The number of aliphatic carboxylic acids is 1. The lowest BCUT2D eigenvalue weighted by Crippen LogP contribution is -2.36. The first-order chi connectivity index (χ1) is 10.3. The molecule has 6 heteroatoms. The van der Waals surface area contributed by atoms with E-state index in [1.54, 1.807) is 14.2 Å². The summed E-state index contributed by atoms with van der Waals surface area (Å²) < 4.78 is 10.5. The number of hydrogen-bond donors (Lipinski definition) is 2. The van der Waals surface area contributed by atoms with E-state index in [-0.39, 0.29) is 24.2 Å². The average molecular weight is 309 g/mol. The Hall–Kier alpha value is -2.24. The van der Waals surface area contributed by atoms with Crippen LogP contribution < -0.4 is 14.8 Å². The Balaban J connectivity index is 2.73. The van der Waals surface area contributed by atoms with Gasteiger partial charge in [-0.1, -0.05) is 19.9 Å². The lowest BCUT2D eigenvalue weighted by Gasteiger charge is -2.26. The number of methoxy groups -OCH3 is 2. The van der Waals surface area contributed by atoms with Crippen molar-refractivity contribution in [1.82, 2.24) is 5.32 Å². The van der Waals surface area contributed by atoms with E-state index in [0.29, 0.717) is 18.0 Å². The number of carbonyl (C=O) groups is 2. The third kappa shape index (κ3) is 4.95. The molecule has 0 unspecified atom stereocenters. The first kappa shape index (κ1) is 17.8. The second-order valence-corrected chi connectivity index (χ2v) is 5.62. The Morgan fingerprint density at radius 2 is 1.77 bits per heavy atom. The third-order valence-corrected chi connectivity index (χ3v) is 3.46. The number of benzene rings is 1. The molecule has 0 aliphatic heterocycles. The Labute approximate surface area is 130 Å². The van der Waals surface area contributed by atoms with Crippen molar-refractivity contribution >= 4 is 11.9 Å². The van der Waals surface area contributed by atoms with E-state index < -0.39 is 5.97 Å². The van der Waals surface area contributed by atoms with Crippen LogP contribution in [0.2, 0.25) is 0 Å². The smallest absolute Gasteiger partial charge is 0.303 e. The van der Waals surface area contributed by atoms with E-state index in [4.69, 9.17) is 14.6 Å². The van der Waals surface area contributed by atoms with Crippen LogP contribution in [-0.2, 0) is 15.0 Å². The Bertz CT molecular complexity index is 539. The number of amides is 1. The van der Waals surface area contributed by atoms with Crippen molar-refractivity contribution in [2.45, 2.75) is 32.1 Å². The summed E-state index contributed by atoms with van der Waals surface area (Å²) in [5, 5.41) is 11.3. The molecule has 1 amide bonds. The molecule has 122 valence electrons. The third-order valence-electron chi connectivity index (χ3n) is 3.46. The van der Waals surface area contributed by atoms with E-state index in [2.05, 4.69) is 5.32 Å². The summed E-state index contributed by atoms with van der Waals surface area (Å²) in [6.45, 7) is 4.39. The van der Waals surface area contributed by atoms with Gasteiger partial charge in [0.2, 0.25) is 5.91 Å². The Morgan fingerprint density at radius 1 is 1.14 bits per heavy atom. The van der Waals surface area contributed by atoms with Crippen LogP contribution in [0.3, 0.4) is 0 Å². The lowest BCUT2D eigenvalue weighted by atomic mass is 9.84. The highest BCUT2D eigenvalue weighted by Gasteiger charge is 2.23. The summed E-state index contributed by atoms with van der Waals surface area (Å²) in [4.78, 5) is 22.1. The Morgan fingerprint density at radius 3 is 2.32 bits per heavy atom. The molecule has 1 aromatic carbocycles. The largest absolute Gasteiger partial charge is 0.493 e. The van der Waals surface area contributed by atoms with Crippen molar-refractivity contribution < 1.29 is 24.2 Å². The maximum absolute atomic E-state index is 11.6. The predicted octanol–water partition coefficient (Wildman–Crippen LogP) is 1.96. The molecule has 6 nitrogen and oxygen atoms in total. The van der Waals surface area contributed by atoms with Crippen LogP contribution in [-0.4, -0.2) is 37.7 Å². The zero-order valence-electron chi connectivity index (χ0n) is 13.4. The molecule has 0 aliphatic rings. The fraction of sp³-hybridized carbons (Fsp3) is 0.500. The topological polar surface area (TPSA) is 84.9 Å². The lowest BCUT2D eigenvalue weighted by molar-refractivity contribution is -0.138. The molecular formula is C16H23NO5. The highest BCUT2D eigenvalue weighted by Crippen LogP contribution is 2.32. The first-order valence-corrected chi connectivity index (χ1v) is 7.01. The number of carboxylic acids is 1. The second-order valence-electron chi connectivity index (χ2n) is 5.62. The van der Waals surface area contributed by atoms with Gasteiger partial charge in [0.1, 0.15) is 0 Å². The first-order valence-electron chi connectivity index (χ1n) is 7.01. The Kier molecular flexibility index (Phi) is 6.22. The van der Waals surface area contributed by atoms with Gasteiger partial charge in [-0.05, 0) is 17.7 Å². The van der Waals surface area contributed by atoms with Gasteiger partial charge in [0.05, 0.1) is 20.6 Å². The van der Waals surface area contributed by atoms with Gasteiger partial charge < -0.3 is 19.9 Å². The molecule has 2 N–H and O–H groups in total. The van der Waals surface area contributed by atoms with E-state index in [1.807, 2.05) is 32.0 Å². The summed E-state index contributed by atoms with van der Waals surface area (Å²) in [6, 6.07) is 5.62. The monoisotopic (exact) mass is 309 g/mol. The van der Waals surface area contributed by atoms with Crippen LogP contribution in [0.5, 0.6) is 11.5 Å². The van der Waals surface area contributed by atoms with Gasteiger partial charge in [-0.15, -0.1) is 0 Å². The van der Waals surface area contributed by atoms with Gasteiger partial charge in [-0.2, -0.15) is 0 Å². The quantitative estimate of drug-likeness (QED) is 0.767. The highest BCUT2D eigenvalue weighted by molar-refractivity contribution is 5.80. The molecule has 0 saturated carbocycles. The zero-order chi connectivity index (χ0) is 16.8. The highest BCUT2D eigenvalue weighted by atomic mass is 16.5. The van der Waals surface area contributed by atoms with Crippen molar-refractivity contribution in [2.75, 3.05) is 20.8 Å². The van der Waals surface area contributed by atoms with Crippen molar-refractivity contribution in [1.29, 1.82) is 0 Å².